The minimum atomic E-state index is -6.04. The summed E-state index contributed by atoms with van der Waals surface area (Å²) in [7, 11) is 0. The maximum Gasteiger partial charge on any atom is 0.419 e. The van der Waals surface area contributed by atoms with Crippen molar-refractivity contribution in [2.45, 2.75) is 43.2 Å². The topological polar surface area (TPSA) is 49.0 Å². The van der Waals surface area contributed by atoms with E-state index in [2.05, 4.69) is 10.6 Å². The smallest absolute Gasteiger partial charge is 0.419 e. The lowest BCUT2D eigenvalue weighted by Gasteiger charge is -2.38. The van der Waals surface area contributed by atoms with Gasteiger partial charge in [-0.05, 0) is 70.8 Å². The highest BCUT2D eigenvalue weighted by Crippen LogP contribution is 2.56. The van der Waals surface area contributed by atoms with Crippen molar-refractivity contribution in [3.05, 3.63) is 118 Å². The Morgan fingerprint density at radius 3 is 1.09 bits per heavy atom. The number of piperazine rings is 2. The fraction of sp³-hybridized carbons (Fsp3) is 0.385. The van der Waals surface area contributed by atoms with Crippen LogP contribution in [0, 0.1) is 0 Å². The second-order valence-corrected chi connectivity index (χ2v) is 13.7. The Kier molecular flexibility index (Phi) is 12.1. The van der Waals surface area contributed by atoms with Crippen LogP contribution < -0.4 is 20.1 Å². The summed E-state index contributed by atoms with van der Waals surface area (Å²) in [6.07, 6.45) is -21.9. The molecule has 18 heteroatoms. The van der Waals surface area contributed by atoms with Crippen LogP contribution in [0.3, 0.4) is 0 Å². The molecule has 0 aliphatic carbocycles. The zero-order valence-electron chi connectivity index (χ0n) is 29.9. The molecule has 6 nitrogen and oxygen atoms in total. The Morgan fingerprint density at radius 2 is 0.789 bits per heavy atom. The molecule has 308 valence electrons. The summed E-state index contributed by atoms with van der Waals surface area (Å²) in [6, 6.07) is 11.2. The van der Waals surface area contributed by atoms with E-state index in [1.807, 2.05) is 9.80 Å². The highest BCUT2D eigenvalue weighted by molar-refractivity contribution is 5.50. The van der Waals surface area contributed by atoms with E-state index in [1.165, 1.54) is 12.1 Å². The highest BCUT2D eigenvalue weighted by Gasteiger charge is 2.72. The summed E-state index contributed by atoms with van der Waals surface area (Å²) in [4.78, 5) is 3.88. The van der Waals surface area contributed by atoms with Gasteiger partial charge >= 0.3 is 24.7 Å². The fourth-order valence-corrected chi connectivity index (χ4v) is 7.01. The van der Waals surface area contributed by atoms with Crippen molar-refractivity contribution >= 4 is 0 Å². The number of alkyl halides is 12. The van der Waals surface area contributed by atoms with Crippen molar-refractivity contribution in [1.82, 2.24) is 20.4 Å². The van der Waals surface area contributed by atoms with Crippen molar-refractivity contribution in [2.24, 2.45) is 0 Å². The first kappa shape index (κ1) is 42.1. The van der Waals surface area contributed by atoms with Crippen LogP contribution in [0.25, 0.3) is 0 Å². The number of benzene rings is 4. The van der Waals surface area contributed by atoms with Gasteiger partial charge in [-0.15, -0.1) is 0 Å². The molecule has 2 heterocycles. The van der Waals surface area contributed by atoms with Gasteiger partial charge in [0.25, 0.3) is 0 Å². The molecular weight excluding hydrogens is 784 g/mol. The maximum atomic E-state index is 14.9. The normalized spacial score (nSPS) is 16.8. The molecule has 0 spiro atoms. The van der Waals surface area contributed by atoms with Crippen molar-refractivity contribution in [2.75, 3.05) is 52.4 Å². The van der Waals surface area contributed by atoms with Crippen molar-refractivity contribution in [3.8, 4) is 23.0 Å². The van der Waals surface area contributed by atoms with Gasteiger partial charge in [0.15, 0.2) is 0 Å². The van der Waals surface area contributed by atoms with E-state index >= 15 is 0 Å². The summed E-state index contributed by atoms with van der Waals surface area (Å²) in [5.41, 5.74) is -9.09. The number of halogens is 12. The van der Waals surface area contributed by atoms with Crippen LogP contribution in [0.1, 0.15) is 33.4 Å². The Bertz CT molecular complexity index is 1820. The molecule has 4 aromatic carbocycles. The molecule has 0 atom stereocenters. The van der Waals surface area contributed by atoms with Gasteiger partial charge in [0, 0.05) is 65.4 Å². The lowest BCUT2D eigenvalue weighted by molar-refractivity contribution is -0.288. The standard InChI is InChI=1S/C39H36F12N4O2/c40-36(41,42)31-21-25(23-54-17-13-52-14-18-54)1-11-33(31)56-29-7-3-27(4-8-29)35(38(46,47)48,39(49,50)51)28-5-9-30(10-6-28)57-34-12-2-26(22-32(34)37(43,44)45)24-55-19-15-53-16-20-55/h1-12,21-22,52-53H,13-20,23-24H2. The van der Waals surface area contributed by atoms with Crippen LogP contribution >= 0.6 is 0 Å². The minimum Gasteiger partial charge on any atom is -0.457 e. The number of hydrogen-bond acceptors (Lipinski definition) is 6. The SMILES string of the molecule is FC(F)(F)c1cc(CN2CCNCC2)ccc1Oc1ccc(C(c2ccc(Oc3ccc(CN4CCNCC4)cc3C(F)(F)F)cc2)(C(F)(F)F)C(F)(F)F)cc1. The fourth-order valence-electron chi connectivity index (χ4n) is 7.01. The number of rotatable bonds is 10. The largest absolute Gasteiger partial charge is 0.457 e. The van der Waals surface area contributed by atoms with Crippen molar-refractivity contribution < 1.29 is 62.2 Å². The van der Waals surface area contributed by atoms with E-state index in [-0.39, 0.29) is 13.1 Å². The number of nitrogens with one attached hydrogen (secondary N) is 2. The molecule has 4 aromatic rings. The molecular formula is C39H36F12N4O2. The van der Waals surface area contributed by atoms with E-state index in [1.54, 1.807) is 0 Å². The molecule has 57 heavy (non-hydrogen) atoms. The van der Waals surface area contributed by atoms with Crippen LogP contribution in [0.15, 0.2) is 84.9 Å². The van der Waals surface area contributed by atoms with E-state index in [9.17, 15) is 52.7 Å². The monoisotopic (exact) mass is 820 g/mol. The summed E-state index contributed by atoms with van der Waals surface area (Å²) >= 11 is 0. The Balaban J connectivity index is 1.27. The van der Waals surface area contributed by atoms with Gasteiger partial charge in [0.05, 0.1) is 11.1 Å². The van der Waals surface area contributed by atoms with Gasteiger partial charge in [0.1, 0.15) is 23.0 Å². The first-order chi connectivity index (χ1) is 26.8. The second-order valence-electron chi connectivity index (χ2n) is 13.7. The molecule has 2 saturated heterocycles. The molecule has 2 aliphatic rings. The molecule has 6 rings (SSSR count). The van der Waals surface area contributed by atoms with Gasteiger partial charge < -0.3 is 20.1 Å². The lowest BCUT2D eigenvalue weighted by atomic mass is 9.73. The van der Waals surface area contributed by atoms with Crippen LogP contribution in [-0.2, 0) is 30.9 Å². The molecule has 0 unspecified atom stereocenters. The van der Waals surface area contributed by atoms with Gasteiger partial charge in [-0.3, -0.25) is 9.80 Å². The molecule has 2 fully saturated rings. The van der Waals surface area contributed by atoms with Gasteiger partial charge in [0.2, 0.25) is 5.41 Å². The van der Waals surface area contributed by atoms with E-state index < -0.39 is 75.4 Å². The van der Waals surface area contributed by atoms with Crippen molar-refractivity contribution in [1.29, 1.82) is 0 Å². The Hall–Kier alpha value is -4.52. The summed E-state index contributed by atoms with van der Waals surface area (Å²) < 4.78 is 184. The molecule has 0 saturated carbocycles. The van der Waals surface area contributed by atoms with Gasteiger partial charge in [-0.2, -0.15) is 52.7 Å². The third-order valence-corrected chi connectivity index (χ3v) is 9.81. The van der Waals surface area contributed by atoms with Gasteiger partial charge in [-0.25, -0.2) is 0 Å². The molecule has 0 bridgehead atoms. The predicted octanol–water partition coefficient (Wildman–Crippen LogP) is 9.53. The minimum absolute atomic E-state index is 0.211. The molecule has 0 amide bonds. The number of nitrogens with zero attached hydrogens (tertiary/aromatic N) is 2. The van der Waals surface area contributed by atoms with Crippen LogP contribution in [0.2, 0.25) is 0 Å². The maximum absolute atomic E-state index is 14.9. The van der Waals surface area contributed by atoms with Crippen LogP contribution in [0.5, 0.6) is 23.0 Å². The Labute approximate surface area is 319 Å². The van der Waals surface area contributed by atoms with Gasteiger partial charge in [-0.1, -0.05) is 36.4 Å². The van der Waals surface area contributed by atoms with E-state index in [4.69, 9.17) is 9.47 Å². The summed E-state index contributed by atoms with van der Waals surface area (Å²) in [5, 5.41) is 6.27. The van der Waals surface area contributed by atoms with E-state index in [0.29, 0.717) is 112 Å². The average molecular weight is 821 g/mol. The average Bonchev–Trinajstić information content (AvgIpc) is 3.13. The molecule has 2 aliphatic heterocycles. The van der Waals surface area contributed by atoms with Crippen molar-refractivity contribution in [3.63, 3.8) is 0 Å². The summed E-state index contributed by atoms with van der Waals surface area (Å²) in [5.74, 6) is -2.37. The second kappa shape index (κ2) is 16.4. The third-order valence-electron chi connectivity index (χ3n) is 9.81. The Morgan fingerprint density at radius 1 is 0.456 bits per heavy atom. The highest BCUT2D eigenvalue weighted by atomic mass is 19.4. The first-order valence-electron chi connectivity index (χ1n) is 17.7. The molecule has 2 N–H and O–H groups in total. The first-order valence-corrected chi connectivity index (χ1v) is 17.7. The molecule has 0 radical (unpaired) electrons. The lowest BCUT2D eigenvalue weighted by Crippen LogP contribution is -2.54. The zero-order chi connectivity index (χ0) is 41.2. The third kappa shape index (κ3) is 9.45. The number of hydrogen-bond donors (Lipinski definition) is 2. The quantitative estimate of drug-likeness (QED) is 0.156. The van der Waals surface area contributed by atoms with E-state index in [0.717, 1.165) is 24.3 Å². The molecule has 0 aromatic heterocycles. The van der Waals surface area contributed by atoms with Crippen LogP contribution in [0.4, 0.5) is 52.7 Å². The number of ether oxygens (including phenoxy) is 2. The predicted molar refractivity (Wildman–Crippen MR) is 185 cm³/mol. The summed E-state index contributed by atoms with van der Waals surface area (Å²) in [6.45, 7) is 5.49. The zero-order valence-corrected chi connectivity index (χ0v) is 29.9. The van der Waals surface area contributed by atoms with Crippen LogP contribution in [-0.4, -0.2) is 74.5 Å².